The van der Waals surface area contributed by atoms with Gasteiger partial charge in [0, 0.05) is 81.2 Å². The van der Waals surface area contributed by atoms with Gasteiger partial charge in [-0.3, -0.25) is 0 Å². The fraction of sp³-hybridized carbons (Fsp3) is 0. The maximum atomic E-state index is 6.78. The van der Waals surface area contributed by atoms with Crippen LogP contribution in [0.5, 0.6) is 0 Å². The lowest BCUT2D eigenvalue weighted by atomic mass is 9.93. The number of anilines is 3. The molecule has 0 aliphatic heterocycles. The molecule has 0 unspecified atom stereocenters. The Morgan fingerprint density at radius 1 is 0.407 bits per heavy atom. The number of furan rings is 2. The number of nitrogens with zero attached hydrogens (tertiary/aromatic N) is 2. The van der Waals surface area contributed by atoms with Crippen molar-refractivity contribution in [2.75, 3.05) is 4.90 Å². The minimum absolute atomic E-state index is 0.842. The van der Waals surface area contributed by atoms with Gasteiger partial charge in [-0.25, -0.2) is 0 Å². The Bertz CT molecular complexity index is 3800. The second-order valence-electron chi connectivity index (χ2n) is 15.2. The first-order valence-electron chi connectivity index (χ1n) is 19.9. The van der Waals surface area contributed by atoms with E-state index in [1.54, 1.807) is 0 Å². The summed E-state index contributed by atoms with van der Waals surface area (Å²) in [6.45, 7) is 0. The number of aromatic nitrogens is 1. The van der Waals surface area contributed by atoms with Crippen molar-refractivity contribution >= 4 is 114 Å². The van der Waals surface area contributed by atoms with Crippen LogP contribution in [0.4, 0.5) is 17.1 Å². The lowest BCUT2D eigenvalue weighted by Gasteiger charge is -2.27. The van der Waals surface area contributed by atoms with Gasteiger partial charge in [-0.15, -0.1) is 11.3 Å². The van der Waals surface area contributed by atoms with Crippen LogP contribution < -0.4 is 4.90 Å². The normalized spacial score (nSPS) is 12.1. The summed E-state index contributed by atoms with van der Waals surface area (Å²) >= 11 is 1.84. The zero-order valence-corrected chi connectivity index (χ0v) is 32.4. The Balaban J connectivity index is 1.19. The van der Waals surface area contributed by atoms with Crippen molar-refractivity contribution < 1.29 is 8.83 Å². The SMILES string of the molecule is c1ccc(N(c2ccc3sc4ccccc4c3c2)c2cccc3c4c(-c5ccc6c(c5)oc5ccccc56)c5c(cc4n(-c4ccccc4)c23)oc2ccccc25)cc1. The zero-order valence-electron chi connectivity index (χ0n) is 31.6. The van der Waals surface area contributed by atoms with Crippen molar-refractivity contribution in [3.05, 3.63) is 194 Å². The molecule has 0 saturated heterocycles. The molecule has 5 heteroatoms. The second kappa shape index (κ2) is 12.4. The van der Waals surface area contributed by atoms with E-state index in [2.05, 4.69) is 185 Å². The van der Waals surface area contributed by atoms with Gasteiger partial charge in [0.15, 0.2) is 0 Å². The lowest BCUT2D eigenvalue weighted by molar-refractivity contribution is 0.668. The minimum Gasteiger partial charge on any atom is -0.456 e. The molecular formula is C54H32N2O2S. The number of hydrogen-bond donors (Lipinski definition) is 0. The summed E-state index contributed by atoms with van der Waals surface area (Å²) in [7, 11) is 0. The van der Waals surface area contributed by atoms with Crippen molar-refractivity contribution in [1.82, 2.24) is 4.57 Å². The highest BCUT2D eigenvalue weighted by Gasteiger charge is 2.27. The predicted molar refractivity (Wildman–Crippen MR) is 248 cm³/mol. The van der Waals surface area contributed by atoms with Crippen LogP contribution in [0.15, 0.2) is 203 Å². The van der Waals surface area contributed by atoms with Gasteiger partial charge < -0.3 is 18.3 Å². The summed E-state index contributed by atoms with van der Waals surface area (Å²) in [4.78, 5) is 2.42. The number of fused-ring (bicyclic) bond motifs is 12. The predicted octanol–water partition coefficient (Wildman–Crippen LogP) is 16.1. The summed E-state index contributed by atoms with van der Waals surface area (Å²) < 4.78 is 18.3. The van der Waals surface area contributed by atoms with Gasteiger partial charge in [0.1, 0.15) is 22.3 Å². The van der Waals surface area contributed by atoms with Crippen LogP contribution in [0.25, 0.3) is 103 Å². The molecule has 13 rings (SSSR count). The van der Waals surface area contributed by atoms with Crippen LogP contribution in [0.1, 0.15) is 0 Å². The van der Waals surface area contributed by atoms with Gasteiger partial charge in [-0.1, -0.05) is 109 Å². The monoisotopic (exact) mass is 772 g/mol. The average molecular weight is 773 g/mol. The number of thiophene rings is 1. The lowest BCUT2D eigenvalue weighted by Crippen LogP contribution is -2.11. The fourth-order valence-electron chi connectivity index (χ4n) is 9.46. The van der Waals surface area contributed by atoms with E-state index in [0.717, 1.165) is 99.6 Å². The van der Waals surface area contributed by atoms with E-state index in [1.165, 1.54) is 20.2 Å². The van der Waals surface area contributed by atoms with Gasteiger partial charge in [0.05, 0.1) is 16.7 Å². The van der Waals surface area contributed by atoms with Gasteiger partial charge >= 0.3 is 0 Å². The third-order valence-electron chi connectivity index (χ3n) is 12.0. The molecule has 59 heavy (non-hydrogen) atoms. The molecule has 4 nitrogen and oxygen atoms in total. The Labute approximate surface area is 342 Å². The molecule has 0 bridgehead atoms. The zero-order chi connectivity index (χ0) is 38.6. The molecule has 0 radical (unpaired) electrons. The first-order valence-corrected chi connectivity index (χ1v) is 20.7. The van der Waals surface area contributed by atoms with Gasteiger partial charge in [0.2, 0.25) is 0 Å². The van der Waals surface area contributed by atoms with E-state index in [4.69, 9.17) is 8.83 Å². The van der Waals surface area contributed by atoms with Crippen molar-refractivity contribution in [1.29, 1.82) is 0 Å². The molecule has 0 fully saturated rings. The van der Waals surface area contributed by atoms with Crippen molar-refractivity contribution in [2.45, 2.75) is 0 Å². The first-order chi connectivity index (χ1) is 29.3. The second-order valence-corrected chi connectivity index (χ2v) is 16.3. The summed E-state index contributed by atoms with van der Waals surface area (Å²) in [6, 6.07) is 69.5. The van der Waals surface area contributed by atoms with Crippen LogP contribution in [0.2, 0.25) is 0 Å². The molecule has 276 valence electrons. The van der Waals surface area contributed by atoms with Crippen LogP contribution in [0.3, 0.4) is 0 Å². The molecule has 0 amide bonds. The van der Waals surface area contributed by atoms with Gasteiger partial charge in [0.25, 0.3) is 0 Å². The van der Waals surface area contributed by atoms with Crippen LogP contribution in [-0.4, -0.2) is 4.57 Å². The maximum Gasteiger partial charge on any atom is 0.138 e. The smallest absolute Gasteiger partial charge is 0.138 e. The minimum atomic E-state index is 0.842. The van der Waals surface area contributed by atoms with Crippen molar-refractivity contribution in [2.24, 2.45) is 0 Å². The molecule has 9 aromatic carbocycles. The highest BCUT2D eigenvalue weighted by molar-refractivity contribution is 7.25. The third-order valence-corrected chi connectivity index (χ3v) is 13.1. The van der Waals surface area contributed by atoms with Crippen molar-refractivity contribution in [3.63, 3.8) is 0 Å². The van der Waals surface area contributed by atoms with E-state index in [-0.39, 0.29) is 0 Å². The third kappa shape index (κ3) is 4.77. The first kappa shape index (κ1) is 32.5. The highest BCUT2D eigenvalue weighted by Crippen LogP contribution is 2.50. The highest BCUT2D eigenvalue weighted by atomic mass is 32.1. The average Bonchev–Trinajstić information content (AvgIpc) is 4.05. The molecule has 0 atom stereocenters. The number of rotatable bonds is 5. The van der Waals surface area contributed by atoms with E-state index in [1.807, 2.05) is 29.5 Å². The van der Waals surface area contributed by atoms with Gasteiger partial charge in [-0.2, -0.15) is 0 Å². The van der Waals surface area contributed by atoms with E-state index in [9.17, 15) is 0 Å². The van der Waals surface area contributed by atoms with Crippen LogP contribution in [0, 0.1) is 0 Å². The summed E-state index contributed by atoms with van der Waals surface area (Å²) in [5.41, 5.74) is 12.2. The largest absolute Gasteiger partial charge is 0.456 e. The number of benzene rings is 9. The Kier molecular flexibility index (Phi) is 6.85. The summed E-state index contributed by atoms with van der Waals surface area (Å²) in [5.74, 6) is 0. The Hall–Kier alpha value is -7.60. The molecule has 0 aliphatic carbocycles. The summed E-state index contributed by atoms with van der Waals surface area (Å²) in [5, 5.41) is 9.25. The topological polar surface area (TPSA) is 34.5 Å². The standard InChI is InChI=1S/C54H32N2O2S/c1-3-14-34(15-4-1)55(36-27-29-50-42(31-36)39-19-9-12-25-49(39)59-50)43-22-13-21-41-52-44(56(54(41)43)35-16-5-2-6-17-35)32-48-53(40-20-8-11-24-46(40)58-48)51(52)33-26-28-38-37-18-7-10-23-45(37)57-47(38)30-33/h1-32H. The van der Waals surface area contributed by atoms with E-state index >= 15 is 0 Å². The molecular weight excluding hydrogens is 741 g/mol. The van der Waals surface area contributed by atoms with Crippen LogP contribution >= 0.6 is 11.3 Å². The molecule has 0 aliphatic rings. The molecule has 4 heterocycles. The molecule has 0 spiro atoms. The van der Waals surface area contributed by atoms with Crippen LogP contribution in [-0.2, 0) is 0 Å². The fourth-order valence-corrected chi connectivity index (χ4v) is 10.6. The van der Waals surface area contributed by atoms with E-state index in [0.29, 0.717) is 0 Å². The summed E-state index contributed by atoms with van der Waals surface area (Å²) in [6.07, 6.45) is 0. The van der Waals surface area contributed by atoms with E-state index < -0.39 is 0 Å². The molecule has 4 aromatic heterocycles. The molecule has 13 aromatic rings. The van der Waals surface area contributed by atoms with Gasteiger partial charge in [-0.05, 0) is 84.4 Å². The Morgan fingerprint density at radius 2 is 1.07 bits per heavy atom. The molecule has 0 saturated carbocycles. The maximum absolute atomic E-state index is 6.78. The quantitative estimate of drug-likeness (QED) is 0.175. The Morgan fingerprint density at radius 3 is 1.92 bits per heavy atom. The number of para-hydroxylation sites is 5. The number of hydrogen-bond acceptors (Lipinski definition) is 4. The van der Waals surface area contributed by atoms with Crippen molar-refractivity contribution in [3.8, 4) is 16.8 Å². The molecule has 0 N–H and O–H groups in total.